The number of Topliss-reactive ketones (excluding diaryl/α,β-unsaturated/α-hetero) is 1. The van der Waals surface area contributed by atoms with Gasteiger partial charge in [-0.25, -0.2) is 4.39 Å². The number of carbonyl (C=O) groups excluding carboxylic acids is 2. The fourth-order valence-corrected chi connectivity index (χ4v) is 4.52. The van der Waals surface area contributed by atoms with Gasteiger partial charge in [-0.3, -0.25) is 9.59 Å². The Bertz CT molecular complexity index is 630. The second-order valence-electron chi connectivity index (χ2n) is 8.19. The van der Waals surface area contributed by atoms with Crippen LogP contribution in [0.5, 0.6) is 0 Å². The highest BCUT2D eigenvalue weighted by atomic mass is 19.1. The van der Waals surface area contributed by atoms with Crippen LogP contribution in [-0.4, -0.2) is 42.3 Å². The summed E-state index contributed by atoms with van der Waals surface area (Å²) in [5.74, 6) is 0.767. The van der Waals surface area contributed by atoms with Crippen LogP contribution in [0.3, 0.4) is 0 Å². The van der Waals surface area contributed by atoms with E-state index in [0.717, 1.165) is 51.2 Å². The molecule has 0 spiro atoms. The topological polar surface area (TPSA) is 49.4 Å². The van der Waals surface area contributed by atoms with Crippen LogP contribution in [0.25, 0.3) is 0 Å². The van der Waals surface area contributed by atoms with E-state index in [-0.39, 0.29) is 23.4 Å². The largest absolute Gasteiger partial charge is 0.354 e. The average molecular weight is 375 g/mol. The lowest BCUT2D eigenvalue weighted by molar-refractivity contribution is -0.119. The highest BCUT2D eigenvalue weighted by Gasteiger charge is 2.27. The van der Waals surface area contributed by atoms with E-state index in [1.54, 1.807) is 19.1 Å². The molecule has 2 aliphatic rings. The molecule has 5 heteroatoms. The van der Waals surface area contributed by atoms with Crippen molar-refractivity contribution in [1.29, 1.82) is 0 Å². The van der Waals surface area contributed by atoms with Gasteiger partial charge < -0.3 is 10.2 Å². The van der Waals surface area contributed by atoms with Crippen molar-refractivity contribution in [3.63, 3.8) is 0 Å². The number of amides is 1. The van der Waals surface area contributed by atoms with E-state index in [9.17, 15) is 14.0 Å². The summed E-state index contributed by atoms with van der Waals surface area (Å²) in [5, 5.41) is 3.04. The van der Waals surface area contributed by atoms with Gasteiger partial charge in [0.15, 0.2) is 5.78 Å². The van der Waals surface area contributed by atoms with Gasteiger partial charge in [-0.1, -0.05) is 0 Å². The summed E-state index contributed by atoms with van der Waals surface area (Å²) >= 11 is 0. The van der Waals surface area contributed by atoms with Crippen LogP contribution in [0.4, 0.5) is 4.39 Å². The van der Waals surface area contributed by atoms with E-state index in [0.29, 0.717) is 11.6 Å². The van der Waals surface area contributed by atoms with Crippen LogP contribution >= 0.6 is 0 Å². The highest BCUT2D eigenvalue weighted by molar-refractivity contribution is 5.97. The van der Waals surface area contributed by atoms with E-state index >= 15 is 0 Å². The van der Waals surface area contributed by atoms with E-state index in [2.05, 4.69) is 10.2 Å². The molecule has 4 nitrogen and oxygen atoms in total. The Morgan fingerprint density at radius 1 is 1.04 bits per heavy atom. The molecule has 1 amide bonds. The minimum Gasteiger partial charge on any atom is -0.354 e. The minimum atomic E-state index is -0.299. The van der Waals surface area contributed by atoms with Crippen LogP contribution < -0.4 is 5.32 Å². The molecule has 27 heavy (non-hydrogen) atoms. The van der Waals surface area contributed by atoms with Gasteiger partial charge in [0.1, 0.15) is 5.82 Å². The Labute approximate surface area is 161 Å². The summed E-state index contributed by atoms with van der Waals surface area (Å²) in [7, 11) is 0. The van der Waals surface area contributed by atoms with Crippen molar-refractivity contribution in [2.75, 3.05) is 19.6 Å². The third kappa shape index (κ3) is 5.86. The summed E-state index contributed by atoms with van der Waals surface area (Å²) in [6.45, 7) is 4.64. The number of halogens is 1. The third-order valence-electron chi connectivity index (χ3n) is 6.19. The number of ketones is 1. The SMILES string of the molecule is CC(=O)N[C@H]1CC[C@H](CCN2CCC(C(=O)c3ccc(F)cc3)CC2)CC1. The minimum absolute atomic E-state index is 0.0693. The first-order valence-corrected chi connectivity index (χ1v) is 10.3. The molecule has 1 aromatic carbocycles. The molecule has 2 fully saturated rings. The standard InChI is InChI=1S/C22H31FN2O2/c1-16(26)24-21-8-2-17(3-9-21)10-13-25-14-11-19(12-15-25)22(27)18-4-6-20(23)7-5-18/h4-7,17,19,21H,2-3,8-15H2,1H3,(H,24,26)/t17-,21-. The van der Waals surface area contributed by atoms with Crippen LogP contribution in [0.15, 0.2) is 24.3 Å². The smallest absolute Gasteiger partial charge is 0.217 e. The van der Waals surface area contributed by atoms with Gasteiger partial charge in [0.2, 0.25) is 5.91 Å². The Kier molecular flexibility index (Phi) is 7.00. The number of piperidine rings is 1. The molecule has 1 aromatic rings. The number of rotatable bonds is 6. The normalized spacial score (nSPS) is 24.5. The molecule has 1 aliphatic heterocycles. The number of nitrogens with one attached hydrogen (secondary N) is 1. The molecular formula is C22H31FN2O2. The van der Waals surface area contributed by atoms with E-state index in [4.69, 9.17) is 0 Å². The molecule has 0 radical (unpaired) electrons. The Balaban J connectivity index is 1.36. The maximum Gasteiger partial charge on any atom is 0.217 e. The van der Waals surface area contributed by atoms with Crippen LogP contribution in [0.2, 0.25) is 0 Å². The fraction of sp³-hybridized carbons (Fsp3) is 0.636. The lowest BCUT2D eigenvalue weighted by Gasteiger charge is -2.34. The van der Waals surface area contributed by atoms with Gasteiger partial charge in [-0.15, -0.1) is 0 Å². The van der Waals surface area contributed by atoms with Gasteiger partial charge in [0.25, 0.3) is 0 Å². The third-order valence-corrected chi connectivity index (χ3v) is 6.19. The van der Waals surface area contributed by atoms with Crippen LogP contribution in [-0.2, 0) is 4.79 Å². The Morgan fingerprint density at radius 3 is 2.26 bits per heavy atom. The van der Waals surface area contributed by atoms with Crippen molar-refractivity contribution in [2.45, 2.75) is 57.9 Å². The zero-order valence-corrected chi connectivity index (χ0v) is 16.3. The molecule has 3 rings (SSSR count). The van der Waals surface area contributed by atoms with Crippen molar-refractivity contribution in [1.82, 2.24) is 10.2 Å². The quantitative estimate of drug-likeness (QED) is 0.771. The molecule has 0 atom stereocenters. The molecular weight excluding hydrogens is 343 g/mol. The molecule has 1 aliphatic carbocycles. The Hall–Kier alpha value is -1.75. The second kappa shape index (κ2) is 9.45. The fourth-order valence-electron chi connectivity index (χ4n) is 4.52. The first-order valence-electron chi connectivity index (χ1n) is 10.3. The first kappa shape index (κ1) is 20.0. The van der Waals surface area contributed by atoms with Gasteiger partial charge >= 0.3 is 0 Å². The predicted octanol–water partition coefficient (Wildman–Crippen LogP) is 3.81. The van der Waals surface area contributed by atoms with Gasteiger partial charge in [-0.05, 0) is 94.8 Å². The molecule has 0 bridgehead atoms. The summed E-state index contributed by atoms with van der Waals surface area (Å²) in [6, 6.07) is 6.29. The average Bonchev–Trinajstić information content (AvgIpc) is 2.67. The van der Waals surface area contributed by atoms with Crippen molar-refractivity contribution in [3.05, 3.63) is 35.6 Å². The number of hydrogen-bond donors (Lipinski definition) is 1. The molecule has 0 unspecified atom stereocenters. The molecule has 1 N–H and O–H groups in total. The molecule has 1 saturated carbocycles. The lowest BCUT2D eigenvalue weighted by atomic mass is 9.83. The van der Waals surface area contributed by atoms with E-state index in [1.807, 2.05) is 0 Å². The highest BCUT2D eigenvalue weighted by Crippen LogP contribution is 2.28. The lowest BCUT2D eigenvalue weighted by Crippen LogP contribution is -2.39. The maximum atomic E-state index is 13.0. The number of carbonyl (C=O) groups is 2. The molecule has 1 heterocycles. The van der Waals surface area contributed by atoms with Gasteiger partial charge in [-0.2, -0.15) is 0 Å². The van der Waals surface area contributed by atoms with E-state index in [1.165, 1.54) is 31.4 Å². The predicted molar refractivity (Wildman–Crippen MR) is 104 cm³/mol. The number of nitrogens with zero attached hydrogens (tertiary/aromatic N) is 1. The van der Waals surface area contributed by atoms with Crippen molar-refractivity contribution in [3.8, 4) is 0 Å². The van der Waals surface area contributed by atoms with Gasteiger partial charge in [0.05, 0.1) is 0 Å². The molecule has 148 valence electrons. The number of hydrogen-bond acceptors (Lipinski definition) is 3. The monoisotopic (exact) mass is 374 g/mol. The van der Waals surface area contributed by atoms with Crippen LogP contribution in [0, 0.1) is 17.7 Å². The first-order chi connectivity index (χ1) is 13.0. The van der Waals surface area contributed by atoms with E-state index < -0.39 is 0 Å². The van der Waals surface area contributed by atoms with Crippen molar-refractivity contribution < 1.29 is 14.0 Å². The summed E-state index contributed by atoms with van der Waals surface area (Å²) < 4.78 is 13.0. The Morgan fingerprint density at radius 2 is 1.67 bits per heavy atom. The second-order valence-corrected chi connectivity index (χ2v) is 8.19. The zero-order chi connectivity index (χ0) is 19.2. The van der Waals surface area contributed by atoms with Crippen LogP contribution in [0.1, 0.15) is 62.2 Å². The number of benzene rings is 1. The summed E-state index contributed by atoms with van der Waals surface area (Å²) in [4.78, 5) is 26.2. The van der Waals surface area contributed by atoms with Crippen molar-refractivity contribution in [2.24, 2.45) is 11.8 Å². The summed E-state index contributed by atoms with van der Waals surface area (Å²) in [5.41, 5.74) is 0.630. The zero-order valence-electron chi connectivity index (χ0n) is 16.3. The maximum absolute atomic E-state index is 13.0. The van der Waals surface area contributed by atoms with Crippen molar-refractivity contribution >= 4 is 11.7 Å². The molecule has 0 aromatic heterocycles. The number of likely N-dealkylation sites (tertiary alicyclic amines) is 1. The summed E-state index contributed by atoms with van der Waals surface area (Å²) in [6.07, 6.45) is 7.59. The molecule has 1 saturated heterocycles. The van der Waals surface area contributed by atoms with Gasteiger partial charge in [0, 0.05) is 24.4 Å².